The van der Waals surface area contributed by atoms with Gasteiger partial charge in [-0.1, -0.05) is 31.5 Å². The molecule has 112 valence electrons. The molecule has 0 spiro atoms. The number of halogens is 1. The van der Waals surface area contributed by atoms with Crippen molar-refractivity contribution in [3.05, 3.63) is 38.9 Å². The van der Waals surface area contributed by atoms with Crippen molar-refractivity contribution in [1.29, 1.82) is 5.26 Å². The van der Waals surface area contributed by atoms with E-state index in [1.165, 1.54) is 6.07 Å². The summed E-state index contributed by atoms with van der Waals surface area (Å²) in [6.07, 6.45) is 3.80. The summed E-state index contributed by atoms with van der Waals surface area (Å²) in [5.41, 5.74) is 0.213. The lowest BCUT2D eigenvalue weighted by Crippen LogP contribution is -2.32. The summed E-state index contributed by atoms with van der Waals surface area (Å²) in [4.78, 5) is 10.8. The van der Waals surface area contributed by atoms with E-state index in [4.69, 9.17) is 11.6 Å². The van der Waals surface area contributed by atoms with Crippen LogP contribution < -0.4 is 0 Å². The quantitative estimate of drug-likeness (QED) is 0.589. The first-order valence-corrected chi connectivity index (χ1v) is 7.49. The molecule has 1 aliphatic carbocycles. The Bertz CT molecular complexity index is 595. The summed E-state index contributed by atoms with van der Waals surface area (Å²) in [5.74, 6) is 0. The van der Waals surface area contributed by atoms with Crippen LogP contribution in [0, 0.1) is 32.3 Å². The second-order valence-electron chi connectivity index (χ2n) is 6.73. The van der Waals surface area contributed by atoms with Crippen molar-refractivity contribution in [2.24, 2.45) is 10.8 Å². The van der Waals surface area contributed by atoms with Crippen LogP contribution in [-0.2, 0) is 6.42 Å². The van der Waals surface area contributed by atoms with Crippen LogP contribution in [0.15, 0.2) is 18.2 Å². The first-order chi connectivity index (χ1) is 9.79. The normalized spacial score (nSPS) is 19.7. The lowest BCUT2D eigenvalue weighted by Gasteiger charge is -2.39. The Morgan fingerprint density at radius 2 is 1.95 bits per heavy atom. The number of nitro groups is 1. The second-order valence-corrected chi connectivity index (χ2v) is 7.13. The van der Waals surface area contributed by atoms with Gasteiger partial charge in [0.15, 0.2) is 0 Å². The molecule has 1 saturated carbocycles. The molecular formula is C16H19ClN2O2. The fourth-order valence-corrected chi connectivity index (χ4v) is 3.20. The highest BCUT2D eigenvalue weighted by atomic mass is 35.5. The number of rotatable bonds is 3. The van der Waals surface area contributed by atoms with E-state index in [1.54, 1.807) is 12.1 Å². The van der Waals surface area contributed by atoms with E-state index in [9.17, 15) is 15.4 Å². The lowest BCUT2D eigenvalue weighted by molar-refractivity contribution is -0.385. The predicted octanol–water partition coefficient (Wildman–Crippen LogP) is 4.90. The Hall–Kier alpha value is -1.60. The highest BCUT2D eigenvalue weighted by Gasteiger charge is 2.40. The Kier molecular flexibility index (Phi) is 4.25. The van der Waals surface area contributed by atoms with E-state index < -0.39 is 10.3 Å². The van der Waals surface area contributed by atoms with Crippen LogP contribution in [0.3, 0.4) is 0 Å². The molecule has 1 fully saturated rings. The molecule has 0 aromatic heterocycles. The van der Waals surface area contributed by atoms with E-state index in [2.05, 4.69) is 19.9 Å². The monoisotopic (exact) mass is 306 g/mol. The molecule has 1 aromatic carbocycles. The summed E-state index contributed by atoms with van der Waals surface area (Å²) < 4.78 is 0. The van der Waals surface area contributed by atoms with Gasteiger partial charge in [-0.25, -0.2) is 0 Å². The van der Waals surface area contributed by atoms with Gasteiger partial charge in [-0.05, 0) is 43.6 Å². The molecule has 1 aliphatic rings. The van der Waals surface area contributed by atoms with E-state index in [0.29, 0.717) is 17.0 Å². The van der Waals surface area contributed by atoms with Gasteiger partial charge < -0.3 is 0 Å². The van der Waals surface area contributed by atoms with E-state index in [0.717, 1.165) is 25.7 Å². The number of hydrogen-bond donors (Lipinski definition) is 0. The average Bonchev–Trinajstić information content (AvgIpc) is 2.43. The molecule has 5 heteroatoms. The largest absolute Gasteiger partial charge is 0.274 e. The van der Waals surface area contributed by atoms with Crippen LogP contribution in [0.1, 0.15) is 45.1 Å². The summed E-state index contributed by atoms with van der Waals surface area (Å²) in [7, 11) is 0. The van der Waals surface area contributed by atoms with Crippen molar-refractivity contribution >= 4 is 17.3 Å². The molecule has 0 N–H and O–H groups in total. The number of nitro benzene ring substituents is 1. The Balaban J connectivity index is 2.33. The fraction of sp³-hybridized carbons (Fsp3) is 0.562. The Morgan fingerprint density at radius 3 is 2.48 bits per heavy atom. The van der Waals surface area contributed by atoms with Crippen LogP contribution >= 0.6 is 11.6 Å². The molecule has 0 unspecified atom stereocenters. The van der Waals surface area contributed by atoms with Crippen molar-refractivity contribution in [3.8, 4) is 6.07 Å². The van der Waals surface area contributed by atoms with Gasteiger partial charge in [-0.2, -0.15) is 5.26 Å². The standard InChI is InChI=1S/C16H19ClN2O2/c1-15(2)6-8-16(11-18,9-7-15)10-12-13(17)4-3-5-14(12)19(20)21/h3-5H,6-10H2,1-2H3. The van der Waals surface area contributed by atoms with Gasteiger partial charge in [0.25, 0.3) is 5.69 Å². The van der Waals surface area contributed by atoms with Gasteiger partial charge in [0.1, 0.15) is 0 Å². The first-order valence-electron chi connectivity index (χ1n) is 7.12. The van der Waals surface area contributed by atoms with Crippen molar-refractivity contribution < 1.29 is 4.92 Å². The van der Waals surface area contributed by atoms with Gasteiger partial charge >= 0.3 is 0 Å². The maximum Gasteiger partial charge on any atom is 0.274 e. The van der Waals surface area contributed by atoms with E-state index in [-0.39, 0.29) is 11.1 Å². The molecule has 4 nitrogen and oxygen atoms in total. The SMILES string of the molecule is CC1(C)CCC(C#N)(Cc2c(Cl)cccc2[N+](=O)[O-])CC1. The van der Waals surface area contributed by atoms with E-state index in [1.807, 2.05) is 0 Å². The molecule has 0 heterocycles. The Morgan fingerprint density at radius 1 is 1.33 bits per heavy atom. The average molecular weight is 307 g/mol. The molecule has 0 aliphatic heterocycles. The van der Waals surface area contributed by atoms with Gasteiger partial charge in [-0.15, -0.1) is 0 Å². The number of nitrogens with zero attached hydrogens (tertiary/aromatic N) is 2. The summed E-state index contributed by atoms with van der Waals surface area (Å²) in [6, 6.07) is 7.10. The van der Waals surface area contributed by atoms with Crippen molar-refractivity contribution in [1.82, 2.24) is 0 Å². The molecule has 0 bridgehead atoms. The maximum absolute atomic E-state index is 11.2. The molecule has 21 heavy (non-hydrogen) atoms. The maximum atomic E-state index is 11.2. The van der Waals surface area contributed by atoms with Gasteiger partial charge in [0, 0.05) is 11.6 Å². The predicted molar refractivity (Wildman–Crippen MR) is 82.1 cm³/mol. The highest BCUT2D eigenvalue weighted by molar-refractivity contribution is 6.31. The van der Waals surface area contributed by atoms with Crippen molar-refractivity contribution in [2.45, 2.75) is 46.0 Å². The second kappa shape index (κ2) is 5.65. The molecule has 0 atom stereocenters. The van der Waals surface area contributed by atoms with Crippen molar-refractivity contribution in [3.63, 3.8) is 0 Å². The van der Waals surface area contributed by atoms with Crippen LogP contribution in [0.2, 0.25) is 5.02 Å². The first kappa shape index (κ1) is 15.8. The van der Waals surface area contributed by atoms with Crippen molar-refractivity contribution in [2.75, 3.05) is 0 Å². The third-order valence-electron chi connectivity index (χ3n) is 4.60. The van der Waals surface area contributed by atoms with Gasteiger partial charge in [-0.3, -0.25) is 10.1 Å². The topological polar surface area (TPSA) is 66.9 Å². The molecule has 0 radical (unpaired) electrons. The minimum absolute atomic E-state index is 0.0157. The lowest BCUT2D eigenvalue weighted by atomic mass is 9.63. The zero-order valence-electron chi connectivity index (χ0n) is 12.4. The van der Waals surface area contributed by atoms with Crippen LogP contribution in [-0.4, -0.2) is 4.92 Å². The molecule has 2 rings (SSSR count). The number of hydrogen-bond acceptors (Lipinski definition) is 3. The number of nitriles is 1. The van der Waals surface area contributed by atoms with Gasteiger partial charge in [0.2, 0.25) is 0 Å². The highest BCUT2D eigenvalue weighted by Crippen LogP contribution is 2.47. The third kappa shape index (κ3) is 3.36. The molecule has 0 amide bonds. The zero-order chi connectivity index (χ0) is 15.7. The smallest absolute Gasteiger partial charge is 0.258 e. The summed E-state index contributed by atoms with van der Waals surface area (Å²) >= 11 is 6.15. The molecular weight excluding hydrogens is 288 g/mol. The minimum Gasteiger partial charge on any atom is -0.258 e. The van der Waals surface area contributed by atoms with Crippen LogP contribution in [0.5, 0.6) is 0 Å². The fourth-order valence-electron chi connectivity index (χ4n) is 2.97. The van der Waals surface area contributed by atoms with Crippen LogP contribution in [0.4, 0.5) is 5.69 Å². The van der Waals surface area contributed by atoms with Gasteiger partial charge in [0.05, 0.1) is 21.4 Å². The summed E-state index contributed by atoms with van der Waals surface area (Å²) in [6.45, 7) is 4.40. The zero-order valence-corrected chi connectivity index (χ0v) is 13.1. The molecule has 0 saturated heterocycles. The Labute approximate surface area is 129 Å². The molecule has 1 aromatic rings. The third-order valence-corrected chi connectivity index (χ3v) is 4.96. The summed E-state index contributed by atoms with van der Waals surface area (Å²) in [5, 5.41) is 21.2. The van der Waals surface area contributed by atoms with E-state index >= 15 is 0 Å². The van der Waals surface area contributed by atoms with Crippen LogP contribution in [0.25, 0.3) is 0 Å². The minimum atomic E-state index is -0.536. The number of benzene rings is 1.